The van der Waals surface area contributed by atoms with Crippen LogP contribution in [0.3, 0.4) is 0 Å². The molecule has 0 saturated carbocycles. The Balaban J connectivity index is 1.64. The van der Waals surface area contributed by atoms with Gasteiger partial charge in [0, 0.05) is 23.7 Å². The summed E-state index contributed by atoms with van der Waals surface area (Å²) in [5.41, 5.74) is 1.76. The van der Waals surface area contributed by atoms with Gasteiger partial charge in [-0.1, -0.05) is 23.7 Å². The molecule has 2 aromatic carbocycles. The Kier molecular flexibility index (Phi) is 7.55. The number of aliphatic hydroxyl groups excluding tert-OH is 1. The van der Waals surface area contributed by atoms with E-state index in [0.29, 0.717) is 52.6 Å². The second kappa shape index (κ2) is 10.6. The molecule has 8 nitrogen and oxygen atoms in total. The highest BCUT2D eigenvalue weighted by molar-refractivity contribution is 6.30. The predicted octanol–water partition coefficient (Wildman–Crippen LogP) is 4.22. The van der Waals surface area contributed by atoms with Crippen molar-refractivity contribution in [3.63, 3.8) is 0 Å². The van der Waals surface area contributed by atoms with Crippen LogP contribution >= 0.6 is 11.6 Å². The molecule has 1 aliphatic rings. The molecule has 3 aromatic rings. The maximum Gasteiger partial charge on any atom is 0.296 e. The standard InChI is InChI=1S/C24H27ClFN3O5/c1-14-12-29(18(6-7-30)13-33-14)23(31)16-9-19-22(21(10-16)32-2)34-24(27-19)28-20(11-26)15-4-3-5-17(25)8-15/h3-5,8-10,14,18,20,30H,6-7,11-13H2,1-2H3,(H,27,28)/t14?,18-,20?/m1/s1. The van der Waals surface area contributed by atoms with Gasteiger partial charge in [-0.25, -0.2) is 4.39 Å². The molecule has 2 unspecified atom stereocenters. The number of carbonyl (C=O) groups is 1. The summed E-state index contributed by atoms with van der Waals surface area (Å²) in [5, 5.41) is 12.8. The SMILES string of the molecule is COc1cc(C(=O)N2CC(C)OC[C@H]2CCO)cc2nc(NC(CF)c3cccc(Cl)c3)oc12. The molecule has 34 heavy (non-hydrogen) atoms. The summed E-state index contributed by atoms with van der Waals surface area (Å²) >= 11 is 6.04. The number of hydrogen-bond donors (Lipinski definition) is 2. The van der Waals surface area contributed by atoms with E-state index in [1.165, 1.54) is 7.11 Å². The lowest BCUT2D eigenvalue weighted by atomic mass is 10.1. The number of methoxy groups -OCH3 is 1. The summed E-state index contributed by atoms with van der Waals surface area (Å²) in [7, 11) is 1.47. The molecule has 0 spiro atoms. The minimum absolute atomic E-state index is 0.0464. The summed E-state index contributed by atoms with van der Waals surface area (Å²) in [4.78, 5) is 19.5. The molecule has 1 amide bonds. The second-order valence-corrected chi connectivity index (χ2v) is 8.66. The second-order valence-electron chi connectivity index (χ2n) is 8.22. The number of alkyl halides is 1. The number of hydrogen-bond acceptors (Lipinski definition) is 7. The van der Waals surface area contributed by atoms with Gasteiger partial charge < -0.3 is 29.2 Å². The van der Waals surface area contributed by atoms with Gasteiger partial charge in [0.1, 0.15) is 12.2 Å². The quantitative estimate of drug-likeness (QED) is 0.486. The van der Waals surface area contributed by atoms with E-state index in [1.807, 2.05) is 6.92 Å². The lowest BCUT2D eigenvalue weighted by Gasteiger charge is -2.38. The third kappa shape index (κ3) is 5.11. The fourth-order valence-electron chi connectivity index (χ4n) is 4.07. The third-order valence-corrected chi connectivity index (χ3v) is 6.05. The normalized spacial score (nSPS) is 19.3. The van der Waals surface area contributed by atoms with Gasteiger partial charge in [0.05, 0.1) is 31.9 Å². The molecule has 0 radical (unpaired) electrons. The monoisotopic (exact) mass is 491 g/mol. The Bertz CT molecular complexity index is 1160. The number of halogens is 2. The molecular weight excluding hydrogens is 465 g/mol. The molecule has 1 saturated heterocycles. The Morgan fingerprint density at radius 1 is 1.41 bits per heavy atom. The number of aliphatic hydroxyl groups is 1. The van der Waals surface area contributed by atoms with Crippen LogP contribution in [-0.2, 0) is 4.74 Å². The molecule has 4 rings (SSSR count). The van der Waals surface area contributed by atoms with Crippen LogP contribution in [-0.4, -0.2) is 66.6 Å². The molecule has 2 heterocycles. The van der Waals surface area contributed by atoms with Gasteiger partial charge >= 0.3 is 0 Å². The van der Waals surface area contributed by atoms with Crippen LogP contribution in [0, 0.1) is 0 Å². The number of oxazole rings is 1. The van der Waals surface area contributed by atoms with Crippen LogP contribution in [0.1, 0.15) is 35.3 Å². The van der Waals surface area contributed by atoms with E-state index >= 15 is 0 Å². The van der Waals surface area contributed by atoms with Crippen molar-refractivity contribution >= 4 is 34.6 Å². The number of morpholine rings is 1. The van der Waals surface area contributed by atoms with Gasteiger partial charge in [-0.05, 0) is 43.2 Å². The molecule has 2 N–H and O–H groups in total. The van der Waals surface area contributed by atoms with Gasteiger partial charge in [0.15, 0.2) is 11.3 Å². The van der Waals surface area contributed by atoms with Crippen molar-refractivity contribution in [3.8, 4) is 5.75 Å². The molecular formula is C24H27ClFN3O5. The number of aromatic nitrogens is 1. The topological polar surface area (TPSA) is 97.1 Å². The Morgan fingerprint density at radius 2 is 2.24 bits per heavy atom. The molecule has 1 aliphatic heterocycles. The van der Waals surface area contributed by atoms with Gasteiger partial charge in [0.25, 0.3) is 11.9 Å². The van der Waals surface area contributed by atoms with Crippen LogP contribution in [0.2, 0.25) is 5.02 Å². The predicted molar refractivity (Wildman–Crippen MR) is 126 cm³/mol. The zero-order valence-corrected chi connectivity index (χ0v) is 19.7. The zero-order chi connectivity index (χ0) is 24.2. The smallest absolute Gasteiger partial charge is 0.296 e. The van der Waals surface area contributed by atoms with Gasteiger partial charge in [0.2, 0.25) is 0 Å². The molecule has 10 heteroatoms. The van der Waals surface area contributed by atoms with Crippen molar-refractivity contribution in [2.24, 2.45) is 0 Å². The van der Waals surface area contributed by atoms with Gasteiger partial charge in [-0.3, -0.25) is 4.79 Å². The van der Waals surface area contributed by atoms with E-state index in [1.54, 1.807) is 41.3 Å². The van der Waals surface area contributed by atoms with E-state index in [2.05, 4.69) is 10.3 Å². The maximum atomic E-state index is 13.8. The molecule has 1 aromatic heterocycles. The van der Waals surface area contributed by atoms with Crippen molar-refractivity contribution in [2.45, 2.75) is 31.5 Å². The average molecular weight is 492 g/mol. The molecule has 1 fully saturated rings. The Morgan fingerprint density at radius 3 is 2.94 bits per heavy atom. The zero-order valence-electron chi connectivity index (χ0n) is 19.0. The Hall–Kier alpha value is -2.88. The average Bonchev–Trinajstić information content (AvgIpc) is 3.25. The van der Waals surface area contributed by atoms with Gasteiger partial charge in [-0.15, -0.1) is 0 Å². The lowest BCUT2D eigenvalue weighted by molar-refractivity contribution is -0.0486. The first-order valence-electron chi connectivity index (χ1n) is 11.0. The van der Waals surface area contributed by atoms with Crippen molar-refractivity contribution in [2.75, 3.05) is 38.9 Å². The van der Waals surface area contributed by atoms with Crippen molar-refractivity contribution < 1.29 is 28.2 Å². The van der Waals surface area contributed by atoms with Crippen molar-refractivity contribution in [3.05, 3.63) is 52.5 Å². The number of rotatable bonds is 8. The van der Waals surface area contributed by atoms with E-state index in [0.717, 1.165) is 0 Å². The number of fused-ring (bicyclic) bond motifs is 1. The number of carbonyl (C=O) groups excluding carboxylic acids is 1. The van der Waals surface area contributed by atoms with E-state index in [9.17, 15) is 14.3 Å². The van der Waals surface area contributed by atoms with E-state index < -0.39 is 12.7 Å². The number of benzene rings is 2. The molecule has 0 bridgehead atoms. The van der Waals surface area contributed by atoms with E-state index in [4.69, 9.17) is 25.5 Å². The largest absolute Gasteiger partial charge is 0.493 e. The number of amides is 1. The van der Waals surface area contributed by atoms with Gasteiger partial charge in [-0.2, -0.15) is 4.98 Å². The fourth-order valence-corrected chi connectivity index (χ4v) is 4.27. The Labute approximate surface area is 201 Å². The first-order chi connectivity index (χ1) is 16.4. The highest BCUT2D eigenvalue weighted by Crippen LogP contribution is 2.33. The third-order valence-electron chi connectivity index (χ3n) is 5.82. The summed E-state index contributed by atoms with van der Waals surface area (Å²) in [6.45, 7) is 1.92. The first kappa shape index (κ1) is 24.3. The molecule has 3 atom stereocenters. The number of nitrogens with one attached hydrogen (secondary N) is 1. The number of anilines is 1. The highest BCUT2D eigenvalue weighted by atomic mass is 35.5. The summed E-state index contributed by atoms with van der Waals surface area (Å²) in [5.74, 6) is 0.118. The number of ether oxygens (including phenoxy) is 2. The summed E-state index contributed by atoms with van der Waals surface area (Å²) < 4.78 is 30.7. The van der Waals surface area contributed by atoms with Crippen LogP contribution < -0.4 is 10.1 Å². The van der Waals surface area contributed by atoms with Crippen LogP contribution in [0.15, 0.2) is 40.8 Å². The fraction of sp³-hybridized carbons (Fsp3) is 0.417. The van der Waals surface area contributed by atoms with Crippen LogP contribution in [0.5, 0.6) is 5.75 Å². The lowest BCUT2D eigenvalue weighted by Crippen LogP contribution is -2.51. The molecule has 0 aliphatic carbocycles. The minimum Gasteiger partial charge on any atom is -0.493 e. The minimum atomic E-state index is -0.715. The highest BCUT2D eigenvalue weighted by Gasteiger charge is 2.31. The van der Waals surface area contributed by atoms with Crippen LogP contribution in [0.4, 0.5) is 10.4 Å². The molecule has 182 valence electrons. The maximum absolute atomic E-state index is 13.8. The summed E-state index contributed by atoms with van der Waals surface area (Å²) in [6.07, 6.45) is 0.306. The van der Waals surface area contributed by atoms with Crippen molar-refractivity contribution in [1.82, 2.24) is 9.88 Å². The number of nitrogens with zero attached hydrogens (tertiary/aromatic N) is 2. The summed E-state index contributed by atoms with van der Waals surface area (Å²) in [6, 6.07) is 9.25. The first-order valence-corrected chi connectivity index (χ1v) is 11.4. The van der Waals surface area contributed by atoms with Crippen LogP contribution in [0.25, 0.3) is 11.1 Å². The van der Waals surface area contributed by atoms with Crippen molar-refractivity contribution in [1.29, 1.82) is 0 Å². The van der Waals surface area contributed by atoms with E-state index in [-0.39, 0.29) is 30.7 Å².